The Hall–Kier alpha value is -1.36. The minimum atomic E-state index is -0.512. The Morgan fingerprint density at radius 1 is 1.83 bits per heavy atom. The van der Waals surface area contributed by atoms with Gasteiger partial charge in [-0.3, -0.25) is 9.89 Å². The summed E-state index contributed by atoms with van der Waals surface area (Å²) in [7, 11) is 0. The normalized spacial score (nSPS) is 12.6. The van der Waals surface area contributed by atoms with Crippen molar-refractivity contribution >= 4 is 11.7 Å². The third-order valence-corrected chi connectivity index (χ3v) is 1.37. The molecule has 0 aliphatic rings. The van der Waals surface area contributed by atoms with Gasteiger partial charge in [-0.2, -0.15) is 5.10 Å². The molecule has 1 atom stereocenters. The van der Waals surface area contributed by atoms with E-state index < -0.39 is 6.04 Å². The number of aromatic nitrogens is 2. The Labute approximate surface area is 70.3 Å². The van der Waals surface area contributed by atoms with Crippen molar-refractivity contribution in [3.8, 4) is 0 Å². The summed E-state index contributed by atoms with van der Waals surface area (Å²) in [5.41, 5.74) is 6.24. The largest absolute Gasteiger partial charge is 0.320 e. The third kappa shape index (κ3) is 2.06. The number of anilines is 1. The van der Waals surface area contributed by atoms with Gasteiger partial charge in [0, 0.05) is 11.8 Å². The van der Waals surface area contributed by atoms with E-state index in [0.717, 1.165) is 5.69 Å². The molecule has 0 fully saturated rings. The van der Waals surface area contributed by atoms with Crippen molar-refractivity contribution in [1.29, 1.82) is 0 Å². The number of aromatic amines is 1. The van der Waals surface area contributed by atoms with Crippen LogP contribution in [0.15, 0.2) is 6.07 Å². The van der Waals surface area contributed by atoms with Crippen LogP contribution in [0.3, 0.4) is 0 Å². The summed E-state index contributed by atoms with van der Waals surface area (Å²) in [4.78, 5) is 11.0. The van der Waals surface area contributed by atoms with Crippen molar-refractivity contribution < 1.29 is 4.79 Å². The zero-order valence-corrected chi connectivity index (χ0v) is 7.09. The van der Waals surface area contributed by atoms with E-state index in [-0.39, 0.29) is 5.91 Å². The molecule has 12 heavy (non-hydrogen) atoms. The molecule has 1 unspecified atom stereocenters. The second kappa shape index (κ2) is 3.36. The highest BCUT2D eigenvalue weighted by Crippen LogP contribution is 2.03. The van der Waals surface area contributed by atoms with Gasteiger partial charge in [-0.15, -0.1) is 0 Å². The number of carbonyl (C=O) groups is 1. The predicted molar refractivity (Wildman–Crippen MR) is 45.6 cm³/mol. The van der Waals surface area contributed by atoms with Gasteiger partial charge >= 0.3 is 0 Å². The second-order valence-corrected chi connectivity index (χ2v) is 2.71. The van der Waals surface area contributed by atoms with Crippen molar-refractivity contribution in [2.24, 2.45) is 5.73 Å². The van der Waals surface area contributed by atoms with Gasteiger partial charge in [-0.05, 0) is 13.8 Å². The lowest BCUT2D eigenvalue weighted by atomic mass is 10.3. The molecule has 0 spiro atoms. The highest BCUT2D eigenvalue weighted by Gasteiger charge is 2.08. The van der Waals surface area contributed by atoms with E-state index in [2.05, 4.69) is 15.5 Å². The van der Waals surface area contributed by atoms with Gasteiger partial charge in [0.05, 0.1) is 6.04 Å². The molecule has 5 nitrogen and oxygen atoms in total. The molecular weight excluding hydrogens is 156 g/mol. The molecule has 1 rings (SSSR count). The molecule has 1 heterocycles. The molecule has 1 amide bonds. The zero-order valence-electron chi connectivity index (χ0n) is 7.09. The van der Waals surface area contributed by atoms with Crippen molar-refractivity contribution in [2.45, 2.75) is 19.9 Å². The van der Waals surface area contributed by atoms with Crippen LogP contribution >= 0.6 is 0 Å². The molecule has 1 aromatic rings. The third-order valence-electron chi connectivity index (χ3n) is 1.37. The number of nitrogens with zero attached hydrogens (tertiary/aromatic N) is 1. The number of H-pyrrole nitrogens is 1. The van der Waals surface area contributed by atoms with Crippen LogP contribution in [0, 0.1) is 6.92 Å². The smallest absolute Gasteiger partial charge is 0.242 e. The fraction of sp³-hybridized carbons (Fsp3) is 0.429. The Morgan fingerprint density at radius 3 is 2.92 bits per heavy atom. The Kier molecular flexibility index (Phi) is 2.44. The van der Waals surface area contributed by atoms with Crippen LogP contribution in [0.25, 0.3) is 0 Å². The van der Waals surface area contributed by atoms with Gasteiger partial charge in [0.25, 0.3) is 0 Å². The maximum Gasteiger partial charge on any atom is 0.242 e. The molecule has 0 bridgehead atoms. The van der Waals surface area contributed by atoms with Crippen LogP contribution < -0.4 is 11.1 Å². The minimum absolute atomic E-state index is 0.235. The van der Waals surface area contributed by atoms with E-state index in [9.17, 15) is 4.79 Å². The molecule has 1 aromatic heterocycles. The van der Waals surface area contributed by atoms with Crippen molar-refractivity contribution in [3.05, 3.63) is 11.8 Å². The van der Waals surface area contributed by atoms with E-state index in [1.165, 1.54) is 0 Å². The van der Waals surface area contributed by atoms with Gasteiger partial charge in [-0.1, -0.05) is 0 Å². The molecule has 0 radical (unpaired) electrons. The van der Waals surface area contributed by atoms with Crippen LogP contribution in [-0.2, 0) is 4.79 Å². The van der Waals surface area contributed by atoms with Gasteiger partial charge in [0.2, 0.25) is 5.91 Å². The first-order valence-electron chi connectivity index (χ1n) is 3.68. The van der Waals surface area contributed by atoms with Crippen LogP contribution in [0.5, 0.6) is 0 Å². The number of aryl methyl sites for hydroxylation is 1. The molecule has 66 valence electrons. The number of carbonyl (C=O) groups excluding carboxylic acids is 1. The monoisotopic (exact) mass is 168 g/mol. The fourth-order valence-corrected chi connectivity index (χ4v) is 0.722. The van der Waals surface area contributed by atoms with Gasteiger partial charge in [0.15, 0.2) is 5.82 Å². The van der Waals surface area contributed by atoms with E-state index in [0.29, 0.717) is 5.82 Å². The first-order chi connectivity index (χ1) is 5.59. The first kappa shape index (κ1) is 8.73. The maximum atomic E-state index is 11.0. The number of rotatable bonds is 2. The Bertz CT molecular complexity index is 279. The highest BCUT2D eigenvalue weighted by atomic mass is 16.2. The Morgan fingerprint density at radius 2 is 2.50 bits per heavy atom. The summed E-state index contributed by atoms with van der Waals surface area (Å²) in [6.45, 7) is 3.48. The molecule has 0 saturated carbocycles. The van der Waals surface area contributed by atoms with E-state index >= 15 is 0 Å². The summed E-state index contributed by atoms with van der Waals surface area (Å²) < 4.78 is 0. The molecule has 0 aliphatic carbocycles. The summed E-state index contributed by atoms with van der Waals surface area (Å²) in [6, 6.07) is 1.22. The van der Waals surface area contributed by atoms with Crippen LogP contribution in [0.1, 0.15) is 12.6 Å². The van der Waals surface area contributed by atoms with E-state index in [1.807, 2.05) is 6.92 Å². The fourth-order valence-electron chi connectivity index (χ4n) is 0.722. The second-order valence-electron chi connectivity index (χ2n) is 2.71. The van der Waals surface area contributed by atoms with Gasteiger partial charge in [-0.25, -0.2) is 0 Å². The van der Waals surface area contributed by atoms with E-state index in [1.54, 1.807) is 13.0 Å². The average molecular weight is 168 g/mol. The van der Waals surface area contributed by atoms with E-state index in [4.69, 9.17) is 5.73 Å². The molecule has 0 aliphatic heterocycles. The van der Waals surface area contributed by atoms with Crippen LogP contribution in [0.4, 0.5) is 5.82 Å². The molecular formula is C7H12N4O. The predicted octanol–water partition coefficient (Wildman–Crippen LogP) is 0.00382. The van der Waals surface area contributed by atoms with Gasteiger partial charge in [0.1, 0.15) is 0 Å². The quantitative estimate of drug-likeness (QED) is 0.581. The number of hydrogen-bond acceptors (Lipinski definition) is 3. The Balaban J connectivity index is 2.58. The maximum absolute atomic E-state index is 11.0. The summed E-state index contributed by atoms with van der Waals surface area (Å²) in [5.74, 6) is 0.274. The summed E-state index contributed by atoms with van der Waals surface area (Å²) >= 11 is 0. The van der Waals surface area contributed by atoms with Crippen LogP contribution in [0.2, 0.25) is 0 Å². The lowest BCUT2D eigenvalue weighted by molar-refractivity contribution is -0.117. The first-order valence-corrected chi connectivity index (χ1v) is 3.68. The SMILES string of the molecule is Cc1cc(NC(=O)C(C)N)n[nH]1. The standard InChI is InChI=1S/C7H12N4O/c1-4-3-6(11-10-4)9-7(12)5(2)8/h3,5H,8H2,1-2H3,(H2,9,10,11,12). The minimum Gasteiger partial charge on any atom is -0.320 e. The van der Waals surface area contributed by atoms with Gasteiger partial charge < -0.3 is 11.1 Å². The summed E-state index contributed by atoms with van der Waals surface area (Å²) in [6.07, 6.45) is 0. The highest BCUT2D eigenvalue weighted by molar-refractivity contribution is 5.93. The lowest BCUT2D eigenvalue weighted by Gasteiger charge is -2.03. The number of amides is 1. The number of hydrogen-bond donors (Lipinski definition) is 3. The van der Waals surface area contributed by atoms with Crippen molar-refractivity contribution in [1.82, 2.24) is 10.2 Å². The lowest BCUT2D eigenvalue weighted by Crippen LogP contribution is -2.32. The zero-order chi connectivity index (χ0) is 9.14. The van der Waals surface area contributed by atoms with Crippen LogP contribution in [-0.4, -0.2) is 22.1 Å². The number of nitrogens with one attached hydrogen (secondary N) is 2. The molecule has 0 aromatic carbocycles. The number of nitrogens with two attached hydrogens (primary N) is 1. The molecule has 0 saturated heterocycles. The molecule has 4 N–H and O–H groups in total. The van der Waals surface area contributed by atoms with Crippen molar-refractivity contribution in [3.63, 3.8) is 0 Å². The summed E-state index contributed by atoms with van der Waals surface area (Å²) in [5, 5.41) is 9.09. The topological polar surface area (TPSA) is 83.8 Å². The average Bonchev–Trinajstić information content (AvgIpc) is 2.35. The van der Waals surface area contributed by atoms with Crippen molar-refractivity contribution in [2.75, 3.05) is 5.32 Å². The molecule has 5 heteroatoms.